The standard InChI is InChI=1S/C16H12I2N4OS/c1-9-4-2-3-5-12(9)15-20-21-16(24)22(15)19-8-10-6-11(17)7-13(18)14(10)23/h2-8,23H,1H3,(H,21,24)/b19-8+. The van der Waals surface area contributed by atoms with Crippen LogP contribution in [0.25, 0.3) is 11.4 Å². The molecule has 24 heavy (non-hydrogen) atoms. The Kier molecular flexibility index (Phi) is 5.35. The van der Waals surface area contributed by atoms with Crippen LogP contribution in [0.4, 0.5) is 0 Å². The third kappa shape index (κ3) is 3.54. The topological polar surface area (TPSA) is 66.2 Å². The van der Waals surface area contributed by atoms with E-state index in [1.165, 1.54) is 0 Å². The predicted octanol–water partition coefficient (Wildman–Crippen LogP) is 4.71. The van der Waals surface area contributed by atoms with Crippen molar-refractivity contribution in [1.82, 2.24) is 14.9 Å². The summed E-state index contributed by atoms with van der Waals surface area (Å²) in [6, 6.07) is 11.7. The average Bonchev–Trinajstić information content (AvgIpc) is 2.90. The number of nitrogens with one attached hydrogen (secondary N) is 1. The van der Waals surface area contributed by atoms with Crippen LogP contribution in [0.5, 0.6) is 5.75 Å². The fourth-order valence-electron chi connectivity index (χ4n) is 2.20. The fraction of sp³-hybridized carbons (Fsp3) is 0.0625. The van der Waals surface area contributed by atoms with Gasteiger partial charge in [-0.2, -0.15) is 14.9 Å². The molecule has 3 rings (SSSR count). The van der Waals surface area contributed by atoms with Crippen LogP contribution < -0.4 is 0 Å². The minimum absolute atomic E-state index is 0.201. The maximum atomic E-state index is 10.2. The van der Waals surface area contributed by atoms with E-state index < -0.39 is 0 Å². The molecule has 0 amide bonds. The van der Waals surface area contributed by atoms with Crippen molar-refractivity contribution in [3.8, 4) is 17.1 Å². The van der Waals surface area contributed by atoms with E-state index in [2.05, 4.69) is 60.5 Å². The summed E-state index contributed by atoms with van der Waals surface area (Å²) in [5.74, 6) is 0.835. The van der Waals surface area contributed by atoms with Crippen molar-refractivity contribution >= 4 is 63.6 Å². The molecule has 5 nitrogen and oxygen atoms in total. The van der Waals surface area contributed by atoms with Crippen molar-refractivity contribution < 1.29 is 5.11 Å². The van der Waals surface area contributed by atoms with Crippen molar-refractivity contribution in [2.45, 2.75) is 6.92 Å². The Labute approximate surface area is 171 Å². The second-order valence-corrected chi connectivity index (χ2v) is 7.84. The van der Waals surface area contributed by atoms with Crippen LogP contribution in [0.2, 0.25) is 0 Å². The van der Waals surface area contributed by atoms with Crippen LogP contribution in [-0.2, 0) is 0 Å². The van der Waals surface area contributed by atoms with Crippen molar-refractivity contribution in [2.24, 2.45) is 5.10 Å². The Bertz CT molecular complexity index is 994. The number of rotatable bonds is 3. The third-order valence-corrected chi connectivity index (χ3v) is 5.12. The van der Waals surface area contributed by atoms with Gasteiger partial charge in [-0.15, -0.1) is 0 Å². The molecule has 3 aromatic rings. The first-order valence-electron chi connectivity index (χ1n) is 6.93. The first kappa shape index (κ1) is 17.5. The Balaban J connectivity index is 2.08. The van der Waals surface area contributed by atoms with E-state index in [9.17, 15) is 5.11 Å². The summed E-state index contributed by atoms with van der Waals surface area (Å²) in [5, 5.41) is 21.7. The number of nitrogens with zero attached hydrogens (tertiary/aromatic N) is 3. The quantitative estimate of drug-likeness (QED) is 0.276. The lowest BCUT2D eigenvalue weighted by molar-refractivity contribution is 0.470. The third-order valence-electron chi connectivity index (χ3n) is 3.41. The van der Waals surface area contributed by atoms with Crippen molar-refractivity contribution in [3.05, 3.63) is 59.4 Å². The normalized spacial score (nSPS) is 11.3. The maximum absolute atomic E-state index is 10.2. The molecule has 0 unspecified atom stereocenters. The SMILES string of the molecule is Cc1ccccc1-c1n[nH]c(=S)n1/N=C/c1cc(I)cc(I)c1O. The van der Waals surface area contributed by atoms with Gasteiger partial charge in [0, 0.05) is 14.7 Å². The number of H-pyrrole nitrogens is 1. The highest BCUT2D eigenvalue weighted by Gasteiger charge is 2.11. The highest BCUT2D eigenvalue weighted by Crippen LogP contribution is 2.26. The van der Waals surface area contributed by atoms with E-state index in [0.717, 1.165) is 18.3 Å². The molecule has 2 aromatic carbocycles. The monoisotopic (exact) mass is 562 g/mol. The van der Waals surface area contributed by atoms with Gasteiger partial charge in [-0.25, -0.2) is 5.10 Å². The number of phenols is 1. The van der Waals surface area contributed by atoms with Gasteiger partial charge in [0.15, 0.2) is 5.82 Å². The molecule has 8 heteroatoms. The summed E-state index contributed by atoms with van der Waals surface area (Å²) >= 11 is 9.58. The summed E-state index contributed by atoms with van der Waals surface area (Å²) in [5.41, 5.74) is 2.66. The lowest BCUT2D eigenvalue weighted by atomic mass is 10.1. The largest absolute Gasteiger partial charge is 0.506 e. The van der Waals surface area contributed by atoms with Gasteiger partial charge in [0.1, 0.15) is 5.75 Å². The molecule has 1 aromatic heterocycles. The highest BCUT2D eigenvalue weighted by molar-refractivity contribution is 14.1. The predicted molar refractivity (Wildman–Crippen MR) is 114 cm³/mol. The zero-order chi connectivity index (χ0) is 17.3. The van der Waals surface area contributed by atoms with Gasteiger partial charge in [-0.3, -0.25) is 0 Å². The smallest absolute Gasteiger partial charge is 0.216 e. The molecule has 0 aliphatic heterocycles. The lowest BCUT2D eigenvalue weighted by Gasteiger charge is -2.05. The summed E-state index contributed by atoms with van der Waals surface area (Å²) in [6.07, 6.45) is 1.59. The molecule has 0 radical (unpaired) electrons. The van der Waals surface area contributed by atoms with E-state index in [4.69, 9.17) is 12.2 Å². The minimum atomic E-state index is 0.201. The van der Waals surface area contributed by atoms with E-state index in [1.54, 1.807) is 10.9 Å². The molecule has 0 fully saturated rings. The maximum Gasteiger partial charge on any atom is 0.216 e. The van der Waals surface area contributed by atoms with Gasteiger partial charge in [0.25, 0.3) is 0 Å². The fourth-order valence-corrected chi connectivity index (χ4v) is 4.27. The van der Waals surface area contributed by atoms with E-state index >= 15 is 0 Å². The number of hydrogen-bond acceptors (Lipinski definition) is 4. The molecular formula is C16H12I2N4OS. The molecular weight excluding hydrogens is 550 g/mol. The van der Waals surface area contributed by atoms with Crippen LogP contribution in [0.3, 0.4) is 0 Å². The van der Waals surface area contributed by atoms with Crippen LogP contribution in [0.1, 0.15) is 11.1 Å². The lowest BCUT2D eigenvalue weighted by Crippen LogP contribution is -1.97. The average molecular weight is 562 g/mol. The van der Waals surface area contributed by atoms with Gasteiger partial charge in [-0.1, -0.05) is 24.3 Å². The van der Waals surface area contributed by atoms with Crippen LogP contribution >= 0.6 is 57.4 Å². The van der Waals surface area contributed by atoms with Crippen LogP contribution in [0.15, 0.2) is 41.5 Å². The molecule has 0 saturated carbocycles. The molecule has 0 saturated heterocycles. The number of hydrogen-bond donors (Lipinski definition) is 2. The van der Waals surface area contributed by atoms with E-state index in [1.807, 2.05) is 43.3 Å². The van der Waals surface area contributed by atoms with Gasteiger partial charge in [0.2, 0.25) is 4.77 Å². The molecule has 122 valence electrons. The summed E-state index contributed by atoms with van der Waals surface area (Å²) in [6.45, 7) is 2.01. The summed E-state index contributed by atoms with van der Waals surface area (Å²) < 4.78 is 3.75. The second kappa shape index (κ2) is 7.31. The zero-order valence-electron chi connectivity index (χ0n) is 12.5. The molecule has 0 bridgehead atoms. The number of benzene rings is 2. The molecule has 0 atom stereocenters. The van der Waals surface area contributed by atoms with Gasteiger partial charge >= 0.3 is 0 Å². The summed E-state index contributed by atoms with van der Waals surface area (Å²) in [7, 11) is 0. The number of phenolic OH excluding ortho intramolecular Hbond substituents is 1. The molecule has 0 aliphatic carbocycles. The zero-order valence-corrected chi connectivity index (χ0v) is 17.6. The van der Waals surface area contributed by atoms with Crippen LogP contribution in [0, 0.1) is 18.8 Å². The molecule has 1 heterocycles. The molecule has 0 aliphatic rings. The first-order valence-corrected chi connectivity index (χ1v) is 9.49. The van der Waals surface area contributed by atoms with Gasteiger partial charge < -0.3 is 5.11 Å². The molecule has 2 N–H and O–H groups in total. The minimum Gasteiger partial charge on any atom is -0.506 e. The Morgan fingerprint density at radius 1 is 1.29 bits per heavy atom. The second-order valence-electron chi connectivity index (χ2n) is 5.05. The van der Waals surface area contributed by atoms with Gasteiger partial charge in [0.05, 0.1) is 9.78 Å². The Morgan fingerprint density at radius 3 is 2.79 bits per heavy atom. The summed E-state index contributed by atoms with van der Waals surface area (Å²) in [4.78, 5) is 0. The van der Waals surface area contributed by atoms with Crippen LogP contribution in [-0.4, -0.2) is 26.2 Å². The first-order chi connectivity index (χ1) is 11.5. The number of aromatic nitrogens is 3. The number of aryl methyl sites for hydroxylation is 1. The van der Waals surface area contributed by atoms with E-state index in [0.29, 0.717) is 16.2 Å². The van der Waals surface area contributed by atoms with E-state index in [-0.39, 0.29) is 5.75 Å². The van der Waals surface area contributed by atoms with Crippen molar-refractivity contribution in [2.75, 3.05) is 0 Å². The number of halogens is 2. The van der Waals surface area contributed by atoms with Crippen molar-refractivity contribution in [3.63, 3.8) is 0 Å². The highest BCUT2D eigenvalue weighted by atomic mass is 127. The molecule has 0 spiro atoms. The van der Waals surface area contributed by atoms with Gasteiger partial charge in [-0.05, 0) is 82.0 Å². The van der Waals surface area contributed by atoms with Crippen molar-refractivity contribution in [1.29, 1.82) is 0 Å². The Morgan fingerprint density at radius 2 is 2.04 bits per heavy atom. The number of aromatic hydroxyl groups is 1. The Hall–Kier alpha value is -1.27. The number of aromatic amines is 1.